The van der Waals surface area contributed by atoms with E-state index < -0.39 is 16.8 Å². The number of non-ortho nitro benzene ring substituents is 1. The predicted molar refractivity (Wildman–Crippen MR) is 105 cm³/mol. The van der Waals surface area contributed by atoms with Gasteiger partial charge < -0.3 is 9.84 Å². The Morgan fingerprint density at radius 3 is 2.46 bits per heavy atom. The van der Waals surface area contributed by atoms with Crippen LogP contribution in [-0.4, -0.2) is 16.0 Å². The number of carbonyl (C=O) groups is 1. The largest absolute Gasteiger partial charge is 0.481 e. The van der Waals surface area contributed by atoms with Crippen LogP contribution in [0, 0.1) is 10.1 Å². The summed E-state index contributed by atoms with van der Waals surface area (Å²) in [6.45, 7) is 0. The molecule has 28 heavy (non-hydrogen) atoms. The normalized spacial score (nSPS) is 11.6. The van der Waals surface area contributed by atoms with Gasteiger partial charge in [0.25, 0.3) is 5.69 Å². The number of hydrogen-bond acceptors (Lipinski definition) is 4. The summed E-state index contributed by atoms with van der Waals surface area (Å²) in [5.74, 6) is -1.03. The highest BCUT2D eigenvalue weighted by Gasteiger charge is 2.21. The molecule has 7 heteroatoms. The molecule has 0 heterocycles. The third-order valence-corrected chi connectivity index (χ3v) is 4.49. The van der Waals surface area contributed by atoms with E-state index in [1.807, 2.05) is 30.3 Å². The number of hydrogen-bond donors (Lipinski definition) is 1. The van der Waals surface area contributed by atoms with Crippen LogP contribution in [0.25, 0.3) is 0 Å². The predicted octanol–water partition coefficient (Wildman–Crippen LogP) is 5.45. The topological polar surface area (TPSA) is 89.7 Å². The number of benzene rings is 3. The van der Waals surface area contributed by atoms with Gasteiger partial charge in [0.05, 0.1) is 15.9 Å². The quantitative estimate of drug-likeness (QED) is 0.422. The summed E-state index contributed by atoms with van der Waals surface area (Å²) >= 11 is 6.06. The SMILES string of the molecule is O=C(O)C(Cc1ccccc1)c1cccc(Oc2ccc([N+](=O)[O-])cc2Cl)c1. The number of carboxylic acids is 1. The van der Waals surface area contributed by atoms with Crippen LogP contribution >= 0.6 is 11.6 Å². The van der Waals surface area contributed by atoms with Crippen LogP contribution in [0.4, 0.5) is 5.69 Å². The van der Waals surface area contributed by atoms with Crippen molar-refractivity contribution in [2.45, 2.75) is 12.3 Å². The zero-order valence-corrected chi connectivity index (χ0v) is 15.4. The lowest BCUT2D eigenvalue weighted by Gasteiger charge is -2.15. The molecule has 0 saturated carbocycles. The Bertz CT molecular complexity index is 1010. The Morgan fingerprint density at radius 1 is 1.07 bits per heavy atom. The summed E-state index contributed by atoms with van der Waals surface area (Å²) in [5.41, 5.74) is 1.37. The van der Waals surface area contributed by atoms with E-state index in [0.29, 0.717) is 17.7 Å². The summed E-state index contributed by atoms with van der Waals surface area (Å²) in [4.78, 5) is 22.1. The Hall–Kier alpha value is -3.38. The highest BCUT2D eigenvalue weighted by Crippen LogP contribution is 2.33. The zero-order valence-electron chi connectivity index (χ0n) is 14.6. The van der Waals surface area contributed by atoms with E-state index in [1.165, 1.54) is 18.2 Å². The third kappa shape index (κ3) is 4.66. The van der Waals surface area contributed by atoms with Crippen molar-refractivity contribution in [3.63, 3.8) is 0 Å². The lowest BCUT2D eigenvalue weighted by Crippen LogP contribution is -2.14. The van der Waals surface area contributed by atoms with Crippen molar-refractivity contribution in [3.8, 4) is 11.5 Å². The molecule has 0 aliphatic carbocycles. The standard InChI is InChI=1S/C21H16ClNO5/c22-19-13-16(23(26)27)9-10-20(19)28-17-8-4-7-15(12-17)18(21(24)25)11-14-5-2-1-3-6-14/h1-10,12-13,18H,11H2,(H,24,25). The monoisotopic (exact) mass is 397 g/mol. The van der Waals surface area contributed by atoms with Crippen molar-refractivity contribution >= 4 is 23.3 Å². The molecule has 1 N–H and O–H groups in total. The maximum Gasteiger partial charge on any atom is 0.311 e. The van der Waals surface area contributed by atoms with Crippen LogP contribution in [0.5, 0.6) is 11.5 Å². The first-order chi connectivity index (χ1) is 13.4. The molecule has 0 fully saturated rings. The molecule has 0 saturated heterocycles. The van der Waals surface area contributed by atoms with Crippen LogP contribution in [0.2, 0.25) is 5.02 Å². The van der Waals surface area contributed by atoms with Crippen LogP contribution in [-0.2, 0) is 11.2 Å². The van der Waals surface area contributed by atoms with Crippen LogP contribution in [0.3, 0.4) is 0 Å². The molecule has 6 nitrogen and oxygen atoms in total. The first-order valence-electron chi connectivity index (χ1n) is 8.42. The van der Waals surface area contributed by atoms with Gasteiger partial charge in [0.15, 0.2) is 0 Å². The van der Waals surface area contributed by atoms with Gasteiger partial charge in [0.1, 0.15) is 11.5 Å². The van der Waals surface area contributed by atoms with E-state index in [2.05, 4.69) is 0 Å². The van der Waals surface area contributed by atoms with Gasteiger partial charge in [-0.3, -0.25) is 14.9 Å². The molecular weight excluding hydrogens is 382 g/mol. The molecule has 1 unspecified atom stereocenters. The second-order valence-electron chi connectivity index (χ2n) is 6.13. The van der Waals surface area contributed by atoms with Gasteiger partial charge in [-0.25, -0.2) is 0 Å². The molecule has 0 bridgehead atoms. The molecule has 142 valence electrons. The second kappa shape index (κ2) is 8.54. The van der Waals surface area contributed by atoms with Gasteiger partial charge in [0, 0.05) is 12.1 Å². The van der Waals surface area contributed by atoms with Crippen molar-refractivity contribution in [2.24, 2.45) is 0 Å². The number of nitro groups is 1. The van der Waals surface area contributed by atoms with E-state index in [1.54, 1.807) is 24.3 Å². The highest BCUT2D eigenvalue weighted by molar-refractivity contribution is 6.32. The van der Waals surface area contributed by atoms with Gasteiger partial charge in [-0.05, 0) is 35.7 Å². The van der Waals surface area contributed by atoms with E-state index in [-0.39, 0.29) is 16.5 Å². The Labute approximate surface area is 166 Å². The van der Waals surface area contributed by atoms with Crippen molar-refractivity contribution < 1.29 is 19.6 Å². The summed E-state index contributed by atoms with van der Waals surface area (Å²) in [7, 11) is 0. The fourth-order valence-corrected chi connectivity index (χ4v) is 3.02. The number of ether oxygens (including phenoxy) is 1. The summed E-state index contributed by atoms with van der Waals surface area (Å²) in [6, 6.07) is 20.0. The highest BCUT2D eigenvalue weighted by atomic mass is 35.5. The minimum Gasteiger partial charge on any atom is -0.481 e. The van der Waals surface area contributed by atoms with Gasteiger partial charge in [-0.1, -0.05) is 54.1 Å². The van der Waals surface area contributed by atoms with Crippen molar-refractivity contribution in [3.05, 3.63) is 99.1 Å². The van der Waals surface area contributed by atoms with E-state index in [0.717, 1.165) is 5.56 Å². The molecule has 0 radical (unpaired) electrons. The smallest absolute Gasteiger partial charge is 0.311 e. The van der Waals surface area contributed by atoms with Crippen molar-refractivity contribution in [2.75, 3.05) is 0 Å². The number of rotatable bonds is 7. The fourth-order valence-electron chi connectivity index (χ4n) is 2.81. The van der Waals surface area contributed by atoms with E-state index in [9.17, 15) is 20.0 Å². The lowest BCUT2D eigenvalue weighted by atomic mass is 9.92. The first-order valence-corrected chi connectivity index (χ1v) is 8.80. The maximum atomic E-state index is 11.8. The zero-order chi connectivity index (χ0) is 20.1. The lowest BCUT2D eigenvalue weighted by molar-refractivity contribution is -0.384. The van der Waals surface area contributed by atoms with Crippen molar-refractivity contribution in [1.29, 1.82) is 0 Å². The molecule has 0 spiro atoms. The summed E-state index contributed by atoms with van der Waals surface area (Å²) in [6.07, 6.45) is 0.345. The molecule has 3 aromatic carbocycles. The third-order valence-electron chi connectivity index (χ3n) is 4.20. The minimum atomic E-state index is -0.936. The molecule has 0 aliphatic heterocycles. The number of aliphatic carboxylic acids is 1. The van der Waals surface area contributed by atoms with Gasteiger partial charge in [0.2, 0.25) is 0 Å². The van der Waals surface area contributed by atoms with Gasteiger partial charge >= 0.3 is 5.97 Å². The molecule has 0 aromatic heterocycles. The number of nitrogens with zero attached hydrogens (tertiary/aromatic N) is 1. The molecular formula is C21H16ClNO5. The molecule has 3 aromatic rings. The number of nitro benzene ring substituents is 1. The summed E-state index contributed by atoms with van der Waals surface area (Å²) < 4.78 is 5.72. The van der Waals surface area contributed by atoms with E-state index in [4.69, 9.17) is 16.3 Å². The summed E-state index contributed by atoms with van der Waals surface area (Å²) in [5, 5.41) is 20.6. The number of halogens is 1. The van der Waals surface area contributed by atoms with Crippen LogP contribution < -0.4 is 4.74 Å². The molecule has 0 aliphatic rings. The first kappa shape index (κ1) is 19.4. The molecule has 3 rings (SSSR count). The average Bonchev–Trinajstić information content (AvgIpc) is 2.68. The fraction of sp³-hybridized carbons (Fsp3) is 0.0952. The average molecular weight is 398 g/mol. The van der Waals surface area contributed by atoms with Crippen molar-refractivity contribution in [1.82, 2.24) is 0 Å². The second-order valence-corrected chi connectivity index (χ2v) is 6.53. The number of carboxylic acid groups (broad SMARTS) is 1. The van der Waals surface area contributed by atoms with Crippen LogP contribution in [0.1, 0.15) is 17.0 Å². The minimum absolute atomic E-state index is 0.0960. The Balaban J connectivity index is 1.84. The van der Waals surface area contributed by atoms with E-state index >= 15 is 0 Å². The van der Waals surface area contributed by atoms with Gasteiger partial charge in [-0.2, -0.15) is 0 Å². The maximum absolute atomic E-state index is 11.8. The van der Waals surface area contributed by atoms with Gasteiger partial charge in [-0.15, -0.1) is 0 Å². The molecule has 1 atom stereocenters. The molecule has 0 amide bonds. The Morgan fingerprint density at radius 2 is 1.82 bits per heavy atom. The van der Waals surface area contributed by atoms with Crippen LogP contribution in [0.15, 0.2) is 72.8 Å². The Kier molecular flexibility index (Phi) is 5.91.